The molecule has 104 valence electrons. The van der Waals surface area contributed by atoms with E-state index in [2.05, 4.69) is 5.10 Å². The second-order valence-electron chi connectivity index (χ2n) is 4.30. The SMILES string of the molecule is CCO/C=C/c1cn(C2CCCCO2)nc1C(=O)O. The standard InChI is InChI=1S/C13H18N2O4/c1-2-18-8-6-10-9-15(14-12(10)13(16)17)11-5-3-4-7-19-11/h6,8-9,11H,2-5,7H2,1H3,(H,16,17)/b8-6+. The molecule has 0 spiro atoms. The molecule has 1 N–H and O–H groups in total. The largest absolute Gasteiger partial charge is 0.501 e. The van der Waals surface area contributed by atoms with Gasteiger partial charge in [0.1, 0.15) is 6.23 Å². The third-order valence-corrected chi connectivity index (χ3v) is 2.92. The lowest BCUT2D eigenvalue weighted by molar-refractivity contribution is -0.0396. The molecule has 0 bridgehead atoms. The number of hydrogen-bond acceptors (Lipinski definition) is 4. The molecule has 6 nitrogen and oxygen atoms in total. The van der Waals surface area contributed by atoms with Crippen molar-refractivity contribution in [2.24, 2.45) is 0 Å². The Labute approximate surface area is 111 Å². The summed E-state index contributed by atoms with van der Waals surface area (Å²) in [6.45, 7) is 3.09. The van der Waals surface area contributed by atoms with Crippen molar-refractivity contribution in [2.45, 2.75) is 32.4 Å². The minimum atomic E-state index is -1.05. The molecule has 1 aromatic heterocycles. The van der Waals surface area contributed by atoms with E-state index in [4.69, 9.17) is 14.6 Å². The van der Waals surface area contributed by atoms with Gasteiger partial charge in [0.05, 0.1) is 12.9 Å². The van der Waals surface area contributed by atoms with Crippen molar-refractivity contribution in [3.8, 4) is 0 Å². The van der Waals surface area contributed by atoms with E-state index in [1.165, 1.54) is 6.26 Å². The van der Waals surface area contributed by atoms with Crippen LogP contribution in [0, 0.1) is 0 Å². The number of carboxylic acids is 1. The number of hydrogen-bond donors (Lipinski definition) is 1. The molecule has 1 unspecified atom stereocenters. The number of carbonyl (C=O) groups is 1. The van der Waals surface area contributed by atoms with Crippen LogP contribution in [-0.4, -0.2) is 34.1 Å². The predicted octanol–water partition coefficient (Wildman–Crippen LogP) is 2.29. The van der Waals surface area contributed by atoms with Gasteiger partial charge in [-0.2, -0.15) is 5.10 Å². The highest BCUT2D eigenvalue weighted by Crippen LogP contribution is 2.23. The van der Waals surface area contributed by atoms with E-state index in [0.29, 0.717) is 18.8 Å². The zero-order chi connectivity index (χ0) is 13.7. The summed E-state index contributed by atoms with van der Waals surface area (Å²) in [6.07, 6.45) is 7.58. The van der Waals surface area contributed by atoms with Crippen molar-refractivity contribution in [3.63, 3.8) is 0 Å². The van der Waals surface area contributed by atoms with Gasteiger partial charge >= 0.3 is 5.97 Å². The van der Waals surface area contributed by atoms with Crippen molar-refractivity contribution < 1.29 is 19.4 Å². The first-order valence-corrected chi connectivity index (χ1v) is 6.44. The lowest BCUT2D eigenvalue weighted by Crippen LogP contribution is -2.19. The van der Waals surface area contributed by atoms with Crippen LogP contribution in [0.4, 0.5) is 0 Å². The molecule has 1 aromatic rings. The average Bonchev–Trinajstić information content (AvgIpc) is 2.84. The van der Waals surface area contributed by atoms with E-state index >= 15 is 0 Å². The second-order valence-corrected chi connectivity index (χ2v) is 4.30. The van der Waals surface area contributed by atoms with Crippen molar-refractivity contribution >= 4 is 12.0 Å². The minimum absolute atomic E-state index is 0.0186. The first-order valence-electron chi connectivity index (χ1n) is 6.44. The summed E-state index contributed by atoms with van der Waals surface area (Å²) in [5, 5.41) is 13.2. The fraction of sp³-hybridized carbons (Fsp3) is 0.538. The van der Waals surface area contributed by atoms with Gasteiger partial charge in [-0.15, -0.1) is 0 Å². The third-order valence-electron chi connectivity index (χ3n) is 2.92. The fourth-order valence-electron chi connectivity index (χ4n) is 1.99. The number of aromatic nitrogens is 2. The van der Waals surface area contributed by atoms with Crippen LogP contribution >= 0.6 is 0 Å². The first-order chi connectivity index (χ1) is 9.22. The Morgan fingerprint density at radius 3 is 3.16 bits per heavy atom. The van der Waals surface area contributed by atoms with Crippen LogP contribution in [0.2, 0.25) is 0 Å². The molecule has 19 heavy (non-hydrogen) atoms. The van der Waals surface area contributed by atoms with Gasteiger partial charge in [-0.05, 0) is 32.3 Å². The molecular formula is C13H18N2O4. The average molecular weight is 266 g/mol. The molecule has 6 heteroatoms. The summed E-state index contributed by atoms with van der Waals surface area (Å²) in [4.78, 5) is 11.2. The Hall–Kier alpha value is -1.82. The number of carboxylic acid groups (broad SMARTS) is 1. The molecule has 0 radical (unpaired) electrons. The molecule has 2 rings (SSSR count). The van der Waals surface area contributed by atoms with Crippen LogP contribution in [0.5, 0.6) is 0 Å². The molecule has 1 aliphatic heterocycles. The van der Waals surface area contributed by atoms with Crippen LogP contribution in [0.1, 0.15) is 48.5 Å². The summed E-state index contributed by atoms with van der Waals surface area (Å²) in [6, 6.07) is 0. The Morgan fingerprint density at radius 1 is 1.68 bits per heavy atom. The minimum Gasteiger partial charge on any atom is -0.501 e. The number of rotatable bonds is 5. The zero-order valence-corrected chi connectivity index (χ0v) is 10.9. The Kier molecular flexibility index (Phi) is 4.57. The maximum atomic E-state index is 11.2. The van der Waals surface area contributed by atoms with Gasteiger partial charge in [0.15, 0.2) is 5.69 Å². The number of ether oxygens (including phenoxy) is 2. The monoisotopic (exact) mass is 266 g/mol. The molecule has 0 amide bonds. The van der Waals surface area contributed by atoms with Gasteiger partial charge < -0.3 is 14.6 Å². The summed E-state index contributed by atoms with van der Waals surface area (Å²) >= 11 is 0. The normalized spacial score (nSPS) is 19.7. The molecule has 0 aromatic carbocycles. The molecule has 1 fully saturated rings. The first kappa shape index (κ1) is 13.6. The highest BCUT2D eigenvalue weighted by molar-refractivity contribution is 5.89. The van der Waals surface area contributed by atoms with Crippen LogP contribution in [-0.2, 0) is 9.47 Å². The van der Waals surface area contributed by atoms with Gasteiger partial charge in [0, 0.05) is 18.4 Å². The smallest absolute Gasteiger partial charge is 0.357 e. The van der Waals surface area contributed by atoms with Crippen molar-refractivity contribution in [1.29, 1.82) is 0 Å². The van der Waals surface area contributed by atoms with Crippen LogP contribution in [0.15, 0.2) is 12.5 Å². The predicted molar refractivity (Wildman–Crippen MR) is 68.7 cm³/mol. The number of nitrogens with zero attached hydrogens (tertiary/aromatic N) is 2. The topological polar surface area (TPSA) is 73.6 Å². The van der Waals surface area contributed by atoms with E-state index in [1.807, 2.05) is 6.92 Å². The molecule has 1 aliphatic rings. The number of aromatic carboxylic acids is 1. The molecule has 0 aliphatic carbocycles. The quantitative estimate of drug-likeness (QED) is 0.828. The lowest BCUT2D eigenvalue weighted by atomic mass is 10.2. The van der Waals surface area contributed by atoms with Crippen LogP contribution < -0.4 is 0 Å². The van der Waals surface area contributed by atoms with Crippen molar-refractivity contribution in [3.05, 3.63) is 23.7 Å². The summed E-state index contributed by atoms with van der Waals surface area (Å²) in [5.41, 5.74) is 0.542. The fourth-order valence-corrected chi connectivity index (χ4v) is 1.99. The van der Waals surface area contributed by atoms with Gasteiger partial charge in [-0.25, -0.2) is 9.48 Å². The van der Waals surface area contributed by atoms with Crippen molar-refractivity contribution in [2.75, 3.05) is 13.2 Å². The Bertz CT molecular complexity index is 461. The van der Waals surface area contributed by atoms with Gasteiger partial charge in [-0.3, -0.25) is 0 Å². The van der Waals surface area contributed by atoms with Crippen LogP contribution in [0.3, 0.4) is 0 Å². The van der Waals surface area contributed by atoms with E-state index < -0.39 is 5.97 Å². The second kappa shape index (κ2) is 6.38. The molecule has 0 saturated carbocycles. The molecule has 2 heterocycles. The van der Waals surface area contributed by atoms with Gasteiger partial charge in [-0.1, -0.05) is 0 Å². The van der Waals surface area contributed by atoms with E-state index in [-0.39, 0.29) is 11.9 Å². The molecule has 1 atom stereocenters. The molecule has 1 saturated heterocycles. The highest BCUT2D eigenvalue weighted by atomic mass is 16.5. The van der Waals surface area contributed by atoms with E-state index in [9.17, 15) is 4.79 Å². The van der Waals surface area contributed by atoms with Gasteiger partial charge in [0.2, 0.25) is 0 Å². The van der Waals surface area contributed by atoms with E-state index in [0.717, 1.165) is 19.3 Å². The Morgan fingerprint density at radius 2 is 2.53 bits per heavy atom. The lowest BCUT2D eigenvalue weighted by Gasteiger charge is -2.22. The summed E-state index contributed by atoms with van der Waals surface area (Å²) in [7, 11) is 0. The maximum Gasteiger partial charge on any atom is 0.357 e. The molecular weight excluding hydrogens is 248 g/mol. The zero-order valence-electron chi connectivity index (χ0n) is 10.9. The van der Waals surface area contributed by atoms with E-state index in [1.54, 1.807) is 17.0 Å². The summed E-state index contributed by atoms with van der Waals surface area (Å²) < 4.78 is 12.3. The highest BCUT2D eigenvalue weighted by Gasteiger charge is 2.21. The third kappa shape index (κ3) is 3.35. The Balaban J connectivity index is 2.21. The van der Waals surface area contributed by atoms with Crippen LogP contribution in [0.25, 0.3) is 6.08 Å². The summed E-state index contributed by atoms with van der Waals surface area (Å²) in [5.74, 6) is -1.05. The van der Waals surface area contributed by atoms with Gasteiger partial charge in [0.25, 0.3) is 0 Å². The van der Waals surface area contributed by atoms with Crippen molar-refractivity contribution in [1.82, 2.24) is 9.78 Å². The maximum absolute atomic E-state index is 11.2.